The van der Waals surface area contributed by atoms with E-state index in [2.05, 4.69) is 4.74 Å². The molecule has 1 atom stereocenters. The normalized spacial score (nSPS) is 21.3. The highest BCUT2D eigenvalue weighted by Crippen LogP contribution is 2.19. The first kappa shape index (κ1) is 10.1. The Hall–Kier alpha value is -0.960. The zero-order valence-electron chi connectivity index (χ0n) is 7.54. The van der Waals surface area contributed by atoms with Crippen molar-refractivity contribution in [1.82, 2.24) is 0 Å². The third kappa shape index (κ3) is 2.25. The summed E-state index contributed by atoms with van der Waals surface area (Å²) in [7, 11) is 1.33. The molecule has 0 aromatic heterocycles. The molecule has 0 bridgehead atoms. The van der Waals surface area contributed by atoms with Gasteiger partial charge in [-0.05, 0) is 19.1 Å². The maximum Gasteiger partial charge on any atom is 0.341 e. The monoisotopic (exact) mass is 202 g/mol. The van der Waals surface area contributed by atoms with Crippen molar-refractivity contribution in [2.45, 2.75) is 13.0 Å². The molecular formula is C9H11ClO3. The molecule has 0 aliphatic carbocycles. The van der Waals surface area contributed by atoms with Crippen molar-refractivity contribution in [1.29, 1.82) is 0 Å². The van der Waals surface area contributed by atoms with Gasteiger partial charge in [-0.25, -0.2) is 4.79 Å². The summed E-state index contributed by atoms with van der Waals surface area (Å²) in [6.45, 7) is 1.87. The van der Waals surface area contributed by atoms with Crippen molar-refractivity contribution in [3.63, 3.8) is 0 Å². The van der Waals surface area contributed by atoms with Gasteiger partial charge in [-0.3, -0.25) is 0 Å². The molecule has 0 amide bonds. The number of alkyl halides is 1. The first-order valence-corrected chi connectivity index (χ1v) is 4.44. The van der Waals surface area contributed by atoms with Crippen LogP contribution in [0.1, 0.15) is 6.92 Å². The predicted octanol–water partition coefficient (Wildman–Crippen LogP) is 1.63. The van der Waals surface area contributed by atoms with E-state index in [0.29, 0.717) is 11.3 Å². The summed E-state index contributed by atoms with van der Waals surface area (Å²) in [6, 6.07) is 0. The lowest BCUT2D eigenvalue weighted by atomic mass is 10.1. The van der Waals surface area contributed by atoms with Crippen LogP contribution in [0.4, 0.5) is 0 Å². The molecule has 0 radical (unpaired) electrons. The molecule has 13 heavy (non-hydrogen) atoms. The van der Waals surface area contributed by atoms with Gasteiger partial charge in [-0.1, -0.05) is 0 Å². The van der Waals surface area contributed by atoms with Gasteiger partial charge in [0.05, 0.1) is 18.6 Å². The highest BCUT2D eigenvalue weighted by Gasteiger charge is 2.19. The van der Waals surface area contributed by atoms with E-state index in [0.717, 1.165) is 0 Å². The zero-order valence-corrected chi connectivity index (χ0v) is 8.30. The summed E-state index contributed by atoms with van der Waals surface area (Å²) < 4.78 is 9.90. The van der Waals surface area contributed by atoms with Crippen molar-refractivity contribution in [3.05, 3.63) is 23.5 Å². The molecule has 0 aromatic carbocycles. The minimum Gasteiger partial charge on any atom is -0.489 e. The average Bonchev–Trinajstić information content (AvgIpc) is 2.16. The van der Waals surface area contributed by atoms with E-state index in [1.54, 1.807) is 12.2 Å². The van der Waals surface area contributed by atoms with Crippen LogP contribution in [-0.4, -0.2) is 25.1 Å². The first-order valence-electron chi connectivity index (χ1n) is 3.91. The molecule has 0 N–H and O–H groups in total. The lowest BCUT2D eigenvalue weighted by Gasteiger charge is -2.19. The molecule has 0 saturated carbocycles. The number of esters is 1. The number of rotatable bonds is 2. The maximum absolute atomic E-state index is 11.2. The Kier molecular flexibility index (Phi) is 3.37. The van der Waals surface area contributed by atoms with Crippen LogP contribution < -0.4 is 0 Å². The number of halogens is 1. The third-order valence-electron chi connectivity index (χ3n) is 1.69. The standard InChI is InChI=1S/C9H11ClO3/c1-6-3-4-7(9(11)12-2)8(5-10)13-6/h3-4,6H,5H2,1-2H3. The molecule has 0 saturated heterocycles. The Morgan fingerprint density at radius 1 is 1.77 bits per heavy atom. The fraction of sp³-hybridized carbons (Fsp3) is 0.444. The van der Waals surface area contributed by atoms with Crippen LogP contribution >= 0.6 is 11.6 Å². The largest absolute Gasteiger partial charge is 0.489 e. The number of carbonyl (C=O) groups is 1. The van der Waals surface area contributed by atoms with Gasteiger partial charge in [0.25, 0.3) is 0 Å². The summed E-state index contributed by atoms with van der Waals surface area (Å²) in [4.78, 5) is 11.2. The van der Waals surface area contributed by atoms with Crippen LogP contribution in [0.15, 0.2) is 23.5 Å². The van der Waals surface area contributed by atoms with E-state index >= 15 is 0 Å². The number of allylic oxidation sites excluding steroid dienone is 1. The van der Waals surface area contributed by atoms with Crippen LogP contribution in [-0.2, 0) is 14.3 Å². The quantitative estimate of drug-likeness (QED) is 0.504. The Labute approximate surface area is 82.0 Å². The van der Waals surface area contributed by atoms with Gasteiger partial charge in [-0.15, -0.1) is 11.6 Å². The highest BCUT2D eigenvalue weighted by atomic mass is 35.5. The number of hydrogen-bond donors (Lipinski definition) is 0. The smallest absolute Gasteiger partial charge is 0.341 e. The van der Waals surface area contributed by atoms with E-state index in [1.807, 2.05) is 6.92 Å². The number of methoxy groups -OCH3 is 1. The lowest BCUT2D eigenvalue weighted by Crippen LogP contribution is -2.17. The number of hydrogen-bond acceptors (Lipinski definition) is 3. The highest BCUT2D eigenvalue weighted by molar-refractivity contribution is 6.19. The van der Waals surface area contributed by atoms with E-state index < -0.39 is 5.97 Å². The molecule has 72 valence electrons. The van der Waals surface area contributed by atoms with E-state index in [4.69, 9.17) is 16.3 Å². The molecule has 0 aromatic rings. The van der Waals surface area contributed by atoms with Gasteiger partial charge in [0.1, 0.15) is 11.9 Å². The van der Waals surface area contributed by atoms with E-state index in [9.17, 15) is 4.79 Å². The van der Waals surface area contributed by atoms with Gasteiger partial charge in [-0.2, -0.15) is 0 Å². The fourth-order valence-corrected chi connectivity index (χ4v) is 1.25. The Morgan fingerprint density at radius 2 is 2.46 bits per heavy atom. The molecule has 1 unspecified atom stereocenters. The SMILES string of the molecule is COC(=O)C1=C(CCl)OC(C)C=C1. The van der Waals surface area contributed by atoms with Crippen molar-refractivity contribution in [2.75, 3.05) is 13.0 Å². The number of ether oxygens (including phenoxy) is 2. The number of carbonyl (C=O) groups excluding carboxylic acids is 1. The predicted molar refractivity (Wildman–Crippen MR) is 49.4 cm³/mol. The molecule has 1 rings (SSSR count). The van der Waals surface area contributed by atoms with Crippen molar-refractivity contribution in [3.8, 4) is 0 Å². The second-order valence-electron chi connectivity index (χ2n) is 2.64. The summed E-state index contributed by atoms with van der Waals surface area (Å²) >= 11 is 5.62. The second-order valence-corrected chi connectivity index (χ2v) is 2.91. The van der Waals surface area contributed by atoms with Gasteiger partial charge < -0.3 is 9.47 Å². The molecule has 4 heteroatoms. The lowest BCUT2D eigenvalue weighted by molar-refractivity contribution is -0.136. The van der Waals surface area contributed by atoms with Crippen molar-refractivity contribution in [2.24, 2.45) is 0 Å². The van der Waals surface area contributed by atoms with Gasteiger partial charge in [0.2, 0.25) is 0 Å². The Morgan fingerprint density at radius 3 is 3.00 bits per heavy atom. The zero-order chi connectivity index (χ0) is 9.84. The van der Waals surface area contributed by atoms with Crippen molar-refractivity contribution < 1.29 is 14.3 Å². The molecule has 1 aliphatic rings. The topological polar surface area (TPSA) is 35.5 Å². The van der Waals surface area contributed by atoms with Crippen LogP contribution in [0.5, 0.6) is 0 Å². The van der Waals surface area contributed by atoms with Crippen LogP contribution in [0.3, 0.4) is 0 Å². The summed E-state index contributed by atoms with van der Waals surface area (Å²) in [5, 5.41) is 0. The molecule has 0 fully saturated rings. The van der Waals surface area contributed by atoms with Crippen LogP contribution in [0.2, 0.25) is 0 Å². The molecule has 0 spiro atoms. The summed E-state index contributed by atoms with van der Waals surface area (Å²) in [6.07, 6.45) is 3.42. The van der Waals surface area contributed by atoms with Crippen LogP contribution in [0.25, 0.3) is 0 Å². The third-order valence-corrected chi connectivity index (χ3v) is 1.93. The fourth-order valence-electron chi connectivity index (χ4n) is 1.05. The van der Waals surface area contributed by atoms with Crippen LogP contribution in [0, 0.1) is 0 Å². The molecule has 1 aliphatic heterocycles. The average molecular weight is 203 g/mol. The first-order chi connectivity index (χ1) is 6.19. The molecule has 3 nitrogen and oxygen atoms in total. The summed E-state index contributed by atoms with van der Waals surface area (Å²) in [5.74, 6) is 0.237. The maximum atomic E-state index is 11.2. The van der Waals surface area contributed by atoms with Gasteiger partial charge in [0.15, 0.2) is 0 Å². The minimum absolute atomic E-state index is 0.0397. The molecule has 1 heterocycles. The Balaban J connectivity index is 2.91. The Bertz CT molecular complexity index is 268. The van der Waals surface area contributed by atoms with Gasteiger partial charge >= 0.3 is 5.97 Å². The molecular weight excluding hydrogens is 192 g/mol. The summed E-state index contributed by atoms with van der Waals surface area (Å²) in [5.41, 5.74) is 0.399. The minimum atomic E-state index is -0.418. The second kappa shape index (κ2) is 4.33. The van der Waals surface area contributed by atoms with E-state index in [1.165, 1.54) is 7.11 Å². The van der Waals surface area contributed by atoms with Gasteiger partial charge in [0, 0.05) is 0 Å². The van der Waals surface area contributed by atoms with E-state index in [-0.39, 0.29) is 12.0 Å². The van der Waals surface area contributed by atoms with Crippen molar-refractivity contribution >= 4 is 17.6 Å².